The van der Waals surface area contributed by atoms with Crippen molar-refractivity contribution in [2.45, 2.75) is 31.3 Å². The summed E-state index contributed by atoms with van der Waals surface area (Å²) in [6.45, 7) is 4.37. The van der Waals surface area contributed by atoms with Gasteiger partial charge in [0.1, 0.15) is 5.66 Å². The first-order valence-corrected chi connectivity index (χ1v) is 7.87. The molecule has 1 spiro atoms. The van der Waals surface area contributed by atoms with Crippen molar-refractivity contribution in [3.8, 4) is 5.75 Å². The number of hydrogen-bond donors (Lipinski definition) is 1. The number of nitrogens with one attached hydrogen (secondary N) is 1. The van der Waals surface area contributed by atoms with E-state index >= 15 is 0 Å². The maximum Gasteiger partial charge on any atom is 0.315 e. The Morgan fingerprint density at radius 1 is 1.09 bits per heavy atom. The third-order valence-electron chi connectivity index (χ3n) is 5.40. The second-order valence-corrected chi connectivity index (χ2v) is 6.83. The third-order valence-corrected chi connectivity index (χ3v) is 5.40. The minimum absolute atomic E-state index is 0.213. The number of fused-ring (bicyclic) bond motifs is 2. The van der Waals surface area contributed by atoms with Crippen LogP contribution in [0.15, 0.2) is 48.5 Å². The first-order chi connectivity index (χ1) is 11.0. The number of benzene rings is 2. The predicted molar refractivity (Wildman–Crippen MR) is 90.9 cm³/mol. The molecule has 0 saturated carbocycles. The molecule has 23 heavy (non-hydrogen) atoms. The molecule has 0 unspecified atom stereocenters. The van der Waals surface area contributed by atoms with Gasteiger partial charge in [0.2, 0.25) is 0 Å². The van der Waals surface area contributed by atoms with E-state index < -0.39 is 5.66 Å². The van der Waals surface area contributed by atoms with Gasteiger partial charge < -0.3 is 15.0 Å². The topological polar surface area (TPSA) is 41.6 Å². The summed E-state index contributed by atoms with van der Waals surface area (Å²) in [4.78, 5) is 14.7. The summed E-state index contributed by atoms with van der Waals surface area (Å²) in [5.41, 5.74) is 2.43. The molecule has 0 aliphatic carbocycles. The van der Waals surface area contributed by atoms with Gasteiger partial charge in [0.05, 0.1) is 12.1 Å². The lowest BCUT2D eigenvalue weighted by Gasteiger charge is -2.46. The maximum absolute atomic E-state index is 12.5. The van der Waals surface area contributed by atoms with Crippen molar-refractivity contribution in [2.75, 3.05) is 17.3 Å². The van der Waals surface area contributed by atoms with Crippen molar-refractivity contribution in [1.29, 1.82) is 0 Å². The molecule has 2 aromatic carbocycles. The molecule has 4 rings (SSSR count). The van der Waals surface area contributed by atoms with E-state index in [-0.39, 0.29) is 17.8 Å². The highest BCUT2D eigenvalue weighted by Gasteiger charge is 2.58. The number of carbonyl (C=O) groups excluding carboxylic acids is 1. The standard InChI is InChI=1S/C19H20N2O2/c1-18(2)13-8-4-6-10-15(13)21(3)19(18)12-17(22)23-16-11-7-5-9-14(16)20-19/h4-11,20H,12H2,1-3H3/t19-/m1/s1. The number of carbonyl (C=O) groups is 1. The molecule has 1 atom stereocenters. The lowest BCUT2D eigenvalue weighted by Crippen LogP contribution is -2.60. The SMILES string of the molecule is CN1c2ccccc2C(C)(C)[C@@]12CC(=O)Oc1ccccc1N2. The van der Waals surface area contributed by atoms with Crippen LogP contribution in [0.3, 0.4) is 0 Å². The van der Waals surface area contributed by atoms with Crippen molar-refractivity contribution >= 4 is 17.3 Å². The van der Waals surface area contributed by atoms with Gasteiger partial charge in [-0.05, 0) is 23.8 Å². The Morgan fingerprint density at radius 3 is 2.57 bits per heavy atom. The Labute approximate surface area is 136 Å². The van der Waals surface area contributed by atoms with Crippen LogP contribution in [0.25, 0.3) is 0 Å². The fraction of sp³-hybridized carbons (Fsp3) is 0.316. The highest BCUT2D eigenvalue weighted by atomic mass is 16.5. The van der Waals surface area contributed by atoms with Crippen molar-refractivity contribution < 1.29 is 9.53 Å². The Hall–Kier alpha value is -2.49. The maximum atomic E-state index is 12.5. The zero-order valence-electron chi connectivity index (χ0n) is 13.6. The summed E-state index contributed by atoms with van der Waals surface area (Å²) in [7, 11) is 2.04. The molecule has 0 saturated heterocycles. The van der Waals surface area contributed by atoms with Crippen molar-refractivity contribution in [2.24, 2.45) is 0 Å². The first kappa shape index (κ1) is 14.1. The van der Waals surface area contributed by atoms with Crippen LogP contribution in [0.1, 0.15) is 25.8 Å². The minimum Gasteiger partial charge on any atom is -0.424 e. The highest BCUT2D eigenvalue weighted by Crippen LogP contribution is 2.53. The molecule has 0 aromatic heterocycles. The van der Waals surface area contributed by atoms with Gasteiger partial charge in [-0.3, -0.25) is 4.79 Å². The zero-order chi connectivity index (χ0) is 16.2. The molecular weight excluding hydrogens is 288 g/mol. The summed E-state index contributed by atoms with van der Waals surface area (Å²) in [5.74, 6) is 0.379. The van der Waals surface area contributed by atoms with E-state index in [9.17, 15) is 4.79 Å². The number of nitrogens with zero attached hydrogens (tertiary/aromatic N) is 1. The van der Waals surface area contributed by atoms with E-state index in [1.54, 1.807) is 0 Å². The Morgan fingerprint density at radius 2 is 1.78 bits per heavy atom. The number of rotatable bonds is 0. The van der Waals surface area contributed by atoms with Crippen LogP contribution in [0.4, 0.5) is 11.4 Å². The van der Waals surface area contributed by atoms with Crippen LogP contribution >= 0.6 is 0 Å². The van der Waals surface area contributed by atoms with Crippen molar-refractivity contribution in [3.63, 3.8) is 0 Å². The molecule has 0 radical (unpaired) electrons. The second kappa shape index (κ2) is 4.51. The van der Waals surface area contributed by atoms with E-state index in [0.29, 0.717) is 5.75 Å². The van der Waals surface area contributed by atoms with Crippen molar-refractivity contribution in [1.82, 2.24) is 0 Å². The molecular formula is C19H20N2O2. The minimum atomic E-state index is -0.555. The van der Waals surface area contributed by atoms with E-state index in [4.69, 9.17) is 4.74 Å². The number of ether oxygens (including phenoxy) is 1. The molecule has 0 fully saturated rings. The van der Waals surface area contributed by atoms with E-state index in [1.165, 1.54) is 5.56 Å². The molecule has 2 aliphatic heterocycles. The molecule has 0 amide bonds. The Balaban J connectivity index is 1.93. The van der Waals surface area contributed by atoms with Gasteiger partial charge in [0, 0.05) is 18.2 Å². The second-order valence-electron chi connectivity index (χ2n) is 6.83. The number of para-hydroxylation sites is 3. The fourth-order valence-electron chi connectivity index (χ4n) is 4.02. The van der Waals surface area contributed by atoms with Gasteiger partial charge in [0.15, 0.2) is 5.75 Å². The zero-order valence-corrected chi connectivity index (χ0v) is 13.6. The summed E-state index contributed by atoms with van der Waals surface area (Å²) in [5, 5.41) is 3.63. The first-order valence-electron chi connectivity index (χ1n) is 7.87. The lowest BCUT2D eigenvalue weighted by atomic mass is 9.74. The summed E-state index contributed by atoms with van der Waals surface area (Å²) in [6, 6.07) is 16.0. The summed E-state index contributed by atoms with van der Waals surface area (Å²) < 4.78 is 5.56. The summed E-state index contributed by atoms with van der Waals surface area (Å²) >= 11 is 0. The van der Waals surface area contributed by atoms with E-state index in [0.717, 1.165) is 11.4 Å². The Kier molecular flexibility index (Phi) is 2.77. The smallest absolute Gasteiger partial charge is 0.315 e. The quantitative estimate of drug-likeness (QED) is 0.597. The van der Waals surface area contributed by atoms with Crippen LogP contribution < -0.4 is 15.0 Å². The lowest BCUT2D eigenvalue weighted by molar-refractivity contribution is -0.135. The monoisotopic (exact) mass is 308 g/mol. The van der Waals surface area contributed by atoms with Crippen LogP contribution in [0.2, 0.25) is 0 Å². The largest absolute Gasteiger partial charge is 0.424 e. The van der Waals surface area contributed by atoms with E-state index in [1.807, 2.05) is 37.4 Å². The Bertz CT molecular complexity index is 799. The van der Waals surface area contributed by atoms with Crippen molar-refractivity contribution in [3.05, 3.63) is 54.1 Å². The fourth-order valence-corrected chi connectivity index (χ4v) is 4.02. The van der Waals surface area contributed by atoms with Crippen LogP contribution in [-0.2, 0) is 10.2 Å². The van der Waals surface area contributed by atoms with Gasteiger partial charge in [-0.25, -0.2) is 0 Å². The van der Waals surface area contributed by atoms with Gasteiger partial charge >= 0.3 is 5.97 Å². The molecule has 4 nitrogen and oxygen atoms in total. The van der Waals surface area contributed by atoms with E-state index in [2.05, 4.69) is 42.3 Å². The third kappa shape index (κ3) is 1.75. The van der Waals surface area contributed by atoms with Gasteiger partial charge in [-0.2, -0.15) is 0 Å². The average Bonchev–Trinajstić information content (AvgIpc) is 2.66. The van der Waals surface area contributed by atoms with Gasteiger partial charge in [-0.15, -0.1) is 0 Å². The predicted octanol–water partition coefficient (Wildman–Crippen LogP) is 3.53. The number of likely N-dealkylation sites (N-methyl/N-ethyl adjacent to an activating group) is 1. The molecule has 2 aromatic rings. The van der Waals surface area contributed by atoms with Crippen LogP contribution in [0.5, 0.6) is 5.75 Å². The molecule has 1 N–H and O–H groups in total. The molecule has 4 heteroatoms. The molecule has 2 aliphatic rings. The van der Waals surface area contributed by atoms with Crippen LogP contribution in [0, 0.1) is 0 Å². The van der Waals surface area contributed by atoms with Gasteiger partial charge in [-0.1, -0.05) is 44.2 Å². The average molecular weight is 308 g/mol. The van der Waals surface area contributed by atoms with Crippen LogP contribution in [-0.4, -0.2) is 18.7 Å². The number of esters is 1. The normalized spacial score (nSPS) is 24.5. The highest BCUT2D eigenvalue weighted by molar-refractivity contribution is 5.83. The molecule has 0 bridgehead atoms. The number of hydrogen-bond acceptors (Lipinski definition) is 4. The molecule has 118 valence electrons. The summed E-state index contributed by atoms with van der Waals surface area (Å²) in [6.07, 6.45) is 0.278. The molecule has 2 heterocycles. The van der Waals surface area contributed by atoms with Gasteiger partial charge in [0.25, 0.3) is 0 Å². The number of anilines is 2.